The van der Waals surface area contributed by atoms with Crippen LogP contribution in [-0.2, 0) is 4.79 Å². The van der Waals surface area contributed by atoms with Crippen molar-refractivity contribution in [3.8, 4) is 0 Å². The van der Waals surface area contributed by atoms with Crippen LogP contribution in [0.3, 0.4) is 0 Å². The highest BCUT2D eigenvalue weighted by atomic mass is 35.5. The normalized spacial score (nSPS) is 12.3. The van der Waals surface area contributed by atoms with Gasteiger partial charge in [0.05, 0.1) is 0 Å². The monoisotopic (exact) mass is 309 g/mol. The number of unbranched alkanes of at least 4 members (excludes halogenated alkanes) is 1. The van der Waals surface area contributed by atoms with Crippen LogP contribution in [0.2, 0.25) is 5.02 Å². The molecule has 5 nitrogen and oxygen atoms in total. The lowest BCUT2D eigenvalue weighted by Crippen LogP contribution is -2.40. The lowest BCUT2D eigenvalue weighted by atomic mass is 10.1. The summed E-state index contributed by atoms with van der Waals surface area (Å²) in [6, 6.07) is 5.66. The van der Waals surface area contributed by atoms with E-state index >= 15 is 0 Å². The van der Waals surface area contributed by atoms with E-state index in [-0.39, 0.29) is 5.76 Å². The van der Waals surface area contributed by atoms with Gasteiger partial charge in [-0.1, -0.05) is 31.4 Å². The fourth-order valence-electron chi connectivity index (χ4n) is 2.02. The van der Waals surface area contributed by atoms with E-state index in [1.54, 1.807) is 24.3 Å². The molecule has 1 aromatic heterocycles. The van der Waals surface area contributed by atoms with Gasteiger partial charge in [0.25, 0.3) is 5.91 Å². The second-order valence-corrected chi connectivity index (χ2v) is 5.24. The largest absolute Gasteiger partial charge is 0.480 e. The van der Waals surface area contributed by atoms with Crippen molar-refractivity contribution in [3.63, 3.8) is 0 Å². The number of furan rings is 1. The number of benzene rings is 1. The lowest BCUT2D eigenvalue weighted by Gasteiger charge is -2.12. The van der Waals surface area contributed by atoms with Crippen molar-refractivity contribution in [1.82, 2.24) is 5.32 Å². The summed E-state index contributed by atoms with van der Waals surface area (Å²) >= 11 is 5.87. The molecule has 1 unspecified atom stereocenters. The fraction of sp³-hybridized carbons (Fsp3) is 0.333. The Morgan fingerprint density at radius 3 is 2.81 bits per heavy atom. The SMILES string of the molecule is CCCCC(NC(=O)c1cc2cc(Cl)ccc2o1)C(=O)O. The molecule has 21 heavy (non-hydrogen) atoms. The lowest BCUT2D eigenvalue weighted by molar-refractivity contribution is -0.139. The predicted octanol–water partition coefficient (Wildman–Crippen LogP) is 3.46. The molecule has 0 bridgehead atoms. The van der Waals surface area contributed by atoms with Gasteiger partial charge in [0.15, 0.2) is 5.76 Å². The van der Waals surface area contributed by atoms with Crippen LogP contribution in [0.5, 0.6) is 0 Å². The Labute approximate surface area is 126 Å². The molecular weight excluding hydrogens is 294 g/mol. The van der Waals surface area contributed by atoms with Crippen LogP contribution >= 0.6 is 11.6 Å². The molecule has 0 aliphatic carbocycles. The third kappa shape index (κ3) is 3.76. The van der Waals surface area contributed by atoms with Crippen LogP contribution in [0, 0.1) is 0 Å². The minimum Gasteiger partial charge on any atom is -0.480 e. The molecule has 1 aromatic carbocycles. The summed E-state index contributed by atoms with van der Waals surface area (Å²) in [5.41, 5.74) is 0.532. The van der Waals surface area contributed by atoms with Gasteiger partial charge in [0.2, 0.25) is 0 Å². The van der Waals surface area contributed by atoms with Crippen LogP contribution in [-0.4, -0.2) is 23.0 Å². The van der Waals surface area contributed by atoms with Crippen LogP contribution in [0.15, 0.2) is 28.7 Å². The number of nitrogens with one attached hydrogen (secondary N) is 1. The first kappa shape index (κ1) is 15.4. The topological polar surface area (TPSA) is 79.5 Å². The number of carboxylic acids is 1. The summed E-state index contributed by atoms with van der Waals surface area (Å²) in [4.78, 5) is 23.2. The van der Waals surface area contributed by atoms with Crippen molar-refractivity contribution in [2.75, 3.05) is 0 Å². The number of aliphatic carboxylic acids is 1. The quantitative estimate of drug-likeness (QED) is 0.856. The van der Waals surface area contributed by atoms with E-state index in [1.165, 1.54) is 0 Å². The number of hydrogen-bond acceptors (Lipinski definition) is 3. The van der Waals surface area contributed by atoms with Gasteiger partial charge in [-0.3, -0.25) is 4.79 Å². The average Bonchev–Trinajstić information content (AvgIpc) is 2.85. The zero-order chi connectivity index (χ0) is 15.4. The molecule has 0 saturated carbocycles. The second kappa shape index (κ2) is 6.63. The first-order chi connectivity index (χ1) is 10.0. The van der Waals surface area contributed by atoms with Crippen LogP contribution < -0.4 is 5.32 Å². The first-order valence-electron chi connectivity index (χ1n) is 6.74. The summed E-state index contributed by atoms with van der Waals surface area (Å²) in [6.07, 6.45) is 1.99. The van der Waals surface area contributed by atoms with Crippen LogP contribution in [0.25, 0.3) is 11.0 Å². The molecule has 1 amide bonds. The van der Waals surface area contributed by atoms with E-state index in [0.29, 0.717) is 22.4 Å². The summed E-state index contributed by atoms with van der Waals surface area (Å²) in [6.45, 7) is 1.96. The molecule has 1 heterocycles. The maximum Gasteiger partial charge on any atom is 0.326 e. The predicted molar refractivity (Wildman–Crippen MR) is 79.6 cm³/mol. The van der Waals surface area contributed by atoms with Gasteiger partial charge in [-0.2, -0.15) is 0 Å². The number of fused-ring (bicyclic) bond motifs is 1. The molecule has 0 aliphatic rings. The Kier molecular flexibility index (Phi) is 4.85. The molecule has 0 fully saturated rings. The highest BCUT2D eigenvalue weighted by Crippen LogP contribution is 2.23. The number of carbonyl (C=O) groups is 2. The van der Waals surface area contributed by atoms with Gasteiger partial charge in [-0.15, -0.1) is 0 Å². The number of carbonyl (C=O) groups excluding carboxylic acids is 1. The Bertz CT molecular complexity index is 665. The summed E-state index contributed by atoms with van der Waals surface area (Å²) in [5, 5.41) is 12.8. The number of carboxylic acid groups (broad SMARTS) is 1. The molecule has 0 saturated heterocycles. The maximum atomic E-state index is 12.1. The Balaban J connectivity index is 2.15. The third-order valence-electron chi connectivity index (χ3n) is 3.15. The van der Waals surface area contributed by atoms with Crippen molar-refractivity contribution in [2.24, 2.45) is 0 Å². The summed E-state index contributed by atoms with van der Waals surface area (Å²) in [5.74, 6) is -1.50. The Morgan fingerprint density at radius 2 is 2.14 bits per heavy atom. The minimum absolute atomic E-state index is 0.0787. The van der Waals surface area contributed by atoms with Crippen molar-refractivity contribution >= 4 is 34.4 Å². The van der Waals surface area contributed by atoms with E-state index < -0.39 is 17.9 Å². The van der Waals surface area contributed by atoms with Gasteiger partial charge in [-0.05, 0) is 30.7 Å². The van der Waals surface area contributed by atoms with Crippen molar-refractivity contribution in [2.45, 2.75) is 32.2 Å². The number of halogens is 1. The Hall–Kier alpha value is -2.01. The van der Waals surface area contributed by atoms with E-state index in [0.717, 1.165) is 12.8 Å². The highest BCUT2D eigenvalue weighted by Gasteiger charge is 2.22. The first-order valence-corrected chi connectivity index (χ1v) is 7.12. The van der Waals surface area contributed by atoms with E-state index in [1.807, 2.05) is 6.92 Å². The van der Waals surface area contributed by atoms with E-state index in [9.17, 15) is 9.59 Å². The van der Waals surface area contributed by atoms with E-state index in [2.05, 4.69) is 5.32 Å². The average molecular weight is 310 g/mol. The summed E-state index contributed by atoms with van der Waals surface area (Å²) < 4.78 is 5.41. The number of hydrogen-bond donors (Lipinski definition) is 2. The van der Waals surface area contributed by atoms with Crippen molar-refractivity contribution in [3.05, 3.63) is 35.0 Å². The number of amides is 1. The third-order valence-corrected chi connectivity index (χ3v) is 3.39. The highest BCUT2D eigenvalue weighted by molar-refractivity contribution is 6.31. The van der Waals surface area contributed by atoms with Crippen molar-refractivity contribution < 1.29 is 19.1 Å². The maximum absolute atomic E-state index is 12.1. The molecule has 0 aliphatic heterocycles. The van der Waals surface area contributed by atoms with Gasteiger partial charge in [0, 0.05) is 10.4 Å². The zero-order valence-electron chi connectivity index (χ0n) is 11.6. The molecule has 6 heteroatoms. The van der Waals surface area contributed by atoms with Gasteiger partial charge in [0.1, 0.15) is 11.6 Å². The van der Waals surface area contributed by atoms with Crippen LogP contribution in [0.4, 0.5) is 0 Å². The number of rotatable bonds is 6. The standard InChI is InChI=1S/C15H16ClNO4/c1-2-3-4-11(15(19)20)17-14(18)13-8-9-7-10(16)5-6-12(9)21-13/h5-8,11H,2-4H2,1H3,(H,17,18)(H,19,20). The molecular formula is C15H16ClNO4. The summed E-state index contributed by atoms with van der Waals surface area (Å²) in [7, 11) is 0. The zero-order valence-corrected chi connectivity index (χ0v) is 12.3. The van der Waals surface area contributed by atoms with Crippen molar-refractivity contribution in [1.29, 1.82) is 0 Å². The smallest absolute Gasteiger partial charge is 0.326 e. The molecule has 0 spiro atoms. The molecule has 112 valence electrons. The van der Waals surface area contributed by atoms with Gasteiger partial charge < -0.3 is 14.8 Å². The van der Waals surface area contributed by atoms with Gasteiger partial charge >= 0.3 is 5.97 Å². The Morgan fingerprint density at radius 1 is 1.38 bits per heavy atom. The van der Waals surface area contributed by atoms with E-state index in [4.69, 9.17) is 21.1 Å². The second-order valence-electron chi connectivity index (χ2n) is 4.80. The molecule has 2 N–H and O–H groups in total. The molecule has 2 rings (SSSR count). The molecule has 2 aromatic rings. The molecule has 0 radical (unpaired) electrons. The fourth-order valence-corrected chi connectivity index (χ4v) is 2.20. The van der Waals surface area contributed by atoms with Gasteiger partial charge in [-0.25, -0.2) is 4.79 Å². The minimum atomic E-state index is -1.05. The molecule has 1 atom stereocenters. The van der Waals surface area contributed by atoms with Crippen LogP contribution in [0.1, 0.15) is 36.7 Å².